The highest BCUT2D eigenvalue weighted by Gasteiger charge is 1.98. The summed E-state index contributed by atoms with van der Waals surface area (Å²) < 4.78 is 22.5. The lowest BCUT2D eigenvalue weighted by Gasteiger charge is -2.07. The summed E-state index contributed by atoms with van der Waals surface area (Å²) in [5, 5.41) is 0.484. The standard InChI is InChI=1S/C18H24N2O2.C17H20ClNO2.CH4.H2N2.H2O.H2/c19-13-17-9-10-18(14-20-17)22-12-6-2-5-11-21-15-16-7-3-1-4-8-16;18-17-10-9-16(13-19-17)21-12-6-2-5-11-20-14-15-7-3-1-4-8-15;;1-2;;/h1,3-4,7-10,14H,2,5-6,11-13,15,19H2;1,3-4,7-10,13H,2,5-6,11-12,14H2;1H4;1-2H;1H2;1H. The van der Waals surface area contributed by atoms with Gasteiger partial charge in [-0.2, -0.15) is 0 Å². The molecule has 4 aromatic rings. The molecule has 260 valence electrons. The molecule has 2 aromatic heterocycles. The van der Waals surface area contributed by atoms with Gasteiger partial charge in [0, 0.05) is 21.2 Å². The molecule has 0 bridgehead atoms. The number of ether oxygens (including phenoxy) is 4. The van der Waals surface area contributed by atoms with E-state index in [1.54, 1.807) is 18.5 Å². The maximum atomic E-state index is 5.71. The van der Waals surface area contributed by atoms with Crippen molar-refractivity contribution in [3.05, 3.63) is 119 Å². The number of hydrogen-bond acceptors (Lipinski definition) is 9. The lowest BCUT2D eigenvalue weighted by molar-refractivity contribution is 0.115. The average Bonchev–Trinajstić information content (AvgIpc) is 3.10. The van der Waals surface area contributed by atoms with Crippen LogP contribution in [0.5, 0.6) is 11.5 Å². The van der Waals surface area contributed by atoms with E-state index in [9.17, 15) is 0 Å². The van der Waals surface area contributed by atoms with E-state index in [2.05, 4.69) is 34.2 Å². The van der Waals surface area contributed by atoms with E-state index >= 15 is 0 Å². The van der Waals surface area contributed by atoms with E-state index in [1.165, 1.54) is 11.1 Å². The summed E-state index contributed by atoms with van der Waals surface area (Å²) in [5.74, 6) is 1.57. The van der Waals surface area contributed by atoms with Crippen molar-refractivity contribution < 1.29 is 25.9 Å². The second-order valence-corrected chi connectivity index (χ2v) is 10.3. The monoisotopic (exact) mass is 671 g/mol. The van der Waals surface area contributed by atoms with E-state index in [4.69, 9.17) is 47.3 Å². The molecule has 2 heterocycles. The summed E-state index contributed by atoms with van der Waals surface area (Å²) >= 11 is 5.71. The van der Waals surface area contributed by atoms with Crippen LogP contribution in [0.4, 0.5) is 0 Å². The number of rotatable bonds is 19. The summed E-state index contributed by atoms with van der Waals surface area (Å²) in [5.41, 5.74) is 18.8. The van der Waals surface area contributed by atoms with Crippen molar-refractivity contribution in [3.63, 3.8) is 0 Å². The van der Waals surface area contributed by atoms with E-state index < -0.39 is 0 Å². The first-order valence-electron chi connectivity index (χ1n) is 15.2. The second-order valence-electron chi connectivity index (χ2n) is 9.90. The molecule has 0 saturated heterocycles. The highest BCUT2D eigenvalue weighted by molar-refractivity contribution is 6.29. The Kier molecular flexibility index (Phi) is 27.0. The number of pyridine rings is 2. The number of nitrogens with one attached hydrogen (secondary N) is 2. The van der Waals surface area contributed by atoms with Crippen molar-refractivity contribution in [1.29, 1.82) is 11.1 Å². The Morgan fingerprint density at radius 2 is 1.04 bits per heavy atom. The van der Waals surface area contributed by atoms with Gasteiger partial charge in [-0.25, -0.2) is 16.0 Å². The molecule has 0 aliphatic carbocycles. The third-order valence-corrected chi connectivity index (χ3v) is 6.56. The maximum Gasteiger partial charge on any atom is 0.137 e. The van der Waals surface area contributed by atoms with Crippen LogP contribution in [0.15, 0.2) is 97.3 Å². The number of aromatic nitrogens is 2. The number of nitrogens with zero attached hydrogens (tertiary/aromatic N) is 2. The Bertz CT molecular complexity index is 1250. The van der Waals surface area contributed by atoms with Crippen molar-refractivity contribution >= 4 is 11.6 Å². The van der Waals surface area contributed by atoms with Gasteiger partial charge in [0.05, 0.1) is 44.5 Å². The molecule has 0 radical (unpaired) electrons. The zero-order valence-corrected chi connectivity index (χ0v) is 27.2. The average molecular weight is 672 g/mol. The van der Waals surface area contributed by atoms with E-state index in [-0.39, 0.29) is 14.3 Å². The van der Waals surface area contributed by atoms with Crippen molar-refractivity contribution in [2.24, 2.45) is 5.73 Å². The van der Waals surface area contributed by atoms with Gasteiger partial charge in [0.1, 0.15) is 16.7 Å². The fourth-order valence-electron chi connectivity index (χ4n) is 3.94. The Hall–Kier alpha value is -3.93. The molecule has 11 heteroatoms. The number of unbranched alkanes of at least 4 members (excludes halogenated alkanes) is 4. The zero-order chi connectivity index (χ0) is 32.2. The Morgan fingerprint density at radius 1 is 0.596 bits per heavy atom. The van der Waals surface area contributed by atoms with Crippen LogP contribution < -0.4 is 15.2 Å². The van der Waals surface area contributed by atoms with Crippen LogP contribution in [-0.2, 0) is 29.2 Å². The summed E-state index contributed by atoms with van der Waals surface area (Å²) in [6.45, 7) is 4.83. The quantitative estimate of drug-likeness (QED) is 0.0510. The summed E-state index contributed by atoms with van der Waals surface area (Å²) in [6.07, 6.45) is 9.70. The smallest absolute Gasteiger partial charge is 0.137 e. The molecule has 2 aromatic carbocycles. The first kappa shape index (κ1) is 43.1. The van der Waals surface area contributed by atoms with Gasteiger partial charge in [-0.3, -0.25) is 4.98 Å². The number of hydrogen-bond donors (Lipinski definition) is 3. The number of benzene rings is 2. The largest absolute Gasteiger partial charge is 0.492 e. The van der Waals surface area contributed by atoms with Crippen molar-refractivity contribution in [1.82, 2.24) is 9.97 Å². The highest BCUT2D eigenvalue weighted by atomic mass is 35.5. The molecule has 0 aliphatic rings. The maximum absolute atomic E-state index is 5.71. The summed E-state index contributed by atoms with van der Waals surface area (Å²) in [7, 11) is 0. The van der Waals surface area contributed by atoms with Gasteiger partial charge in [0.25, 0.3) is 0 Å². The molecular weight excluding hydrogens is 618 g/mol. The van der Waals surface area contributed by atoms with Gasteiger partial charge >= 0.3 is 0 Å². The van der Waals surface area contributed by atoms with Gasteiger partial charge in [-0.15, -0.1) is 0 Å². The van der Waals surface area contributed by atoms with E-state index in [0.29, 0.717) is 38.1 Å². The minimum Gasteiger partial charge on any atom is -0.492 e. The van der Waals surface area contributed by atoms with Crippen molar-refractivity contribution in [2.75, 3.05) is 26.4 Å². The summed E-state index contributed by atoms with van der Waals surface area (Å²) in [6, 6.07) is 27.8. The minimum absolute atomic E-state index is 0. The molecule has 0 spiro atoms. The summed E-state index contributed by atoms with van der Waals surface area (Å²) in [4.78, 5) is 8.16. The van der Waals surface area contributed by atoms with Crippen LogP contribution in [0.3, 0.4) is 0 Å². The van der Waals surface area contributed by atoms with Crippen LogP contribution in [0.1, 0.15) is 64.2 Å². The van der Waals surface area contributed by atoms with Gasteiger partial charge in [0.15, 0.2) is 0 Å². The SMILES string of the molecule is C.Clc1ccc(OCCCCCOCc2ccccc2)cn1.N=N.NCc1ccc(OCCCCCOCc2ccccc2)cn1.O.[HH]. The predicted octanol–water partition coefficient (Wildman–Crippen LogP) is 8.46. The van der Waals surface area contributed by atoms with Crippen LogP contribution in [0.2, 0.25) is 5.15 Å². The first-order chi connectivity index (χ1) is 22.2. The van der Waals surface area contributed by atoms with E-state index in [1.807, 2.05) is 54.6 Å². The normalized spacial score (nSPS) is 9.74. The van der Waals surface area contributed by atoms with Gasteiger partial charge in [0.2, 0.25) is 0 Å². The fraction of sp³-hybridized carbons (Fsp3) is 0.389. The lowest BCUT2D eigenvalue weighted by Crippen LogP contribution is -2.02. The molecular formula is C36H54ClN5O5. The first-order valence-corrected chi connectivity index (χ1v) is 15.6. The molecule has 0 saturated carbocycles. The Labute approximate surface area is 286 Å². The predicted molar refractivity (Wildman–Crippen MR) is 190 cm³/mol. The van der Waals surface area contributed by atoms with Crippen LogP contribution >= 0.6 is 11.6 Å². The number of halogens is 1. The van der Waals surface area contributed by atoms with Crippen molar-refractivity contribution in [2.45, 2.75) is 65.7 Å². The lowest BCUT2D eigenvalue weighted by atomic mass is 10.2. The third kappa shape index (κ3) is 21.5. The van der Waals surface area contributed by atoms with Crippen molar-refractivity contribution in [3.8, 4) is 11.5 Å². The highest BCUT2D eigenvalue weighted by Crippen LogP contribution is 2.13. The van der Waals surface area contributed by atoms with Crippen LogP contribution in [-0.4, -0.2) is 41.9 Å². The van der Waals surface area contributed by atoms with Crippen LogP contribution in [0.25, 0.3) is 0 Å². The molecule has 4 rings (SSSR count). The van der Waals surface area contributed by atoms with Gasteiger partial charge in [-0.05, 0) is 73.9 Å². The number of nitrogens with two attached hydrogens (primary N) is 1. The second kappa shape index (κ2) is 29.5. The topological polar surface area (TPSA) is 168 Å². The Morgan fingerprint density at radius 3 is 1.45 bits per heavy atom. The molecule has 0 fully saturated rings. The third-order valence-electron chi connectivity index (χ3n) is 6.33. The molecule has 6 N–H and O–H groups in total. The van der Waals surface area contributed by atoms with Gasteiger partial charge in [-0.1, -0.05) is 79.7 Å². The van der Waals surface area contributed by atoms with Gasteiger partial charge < -0.3 is 30.2 Å². The fourth-order valence-corrected chi connectivity index (χ4v) is 4.05. The molecule has 0 unspecified atom stereocenters. The molecule has 0 aliphatic heterocycles. The molecule has 10 nitrogen and oxygen atoms in total. The molecule has 47 heavy (non-hydrogen) atoms. The molecule has 0 amide bonds. The minimum atomic E-state index is 0. The van der Waals surface area contributed by atoms with E-state index in [0.717, 1.165) is 68.9 Å². The molecule has 0 atom stereocenters. The Balaban J connectivity index is 0. The zero-order valence-electron chi connectivity index (χ0n) is 26.4. The van der Waals surface area contributed by atoms with Crippen LogP contribution in [0, 0.1) is 11.1 Å².